The molecule has 0 aliphatic rings. The highest BCUT2D eigenvalue weighted by Gasteiger charge is 2.11. The summed E-state index contributed by atoms with van der Waals surface area (Å²) in [5.74, 6) is 0.607. The van der Waals surface area contributed by atoms with Crippen LogP contribution in [-0.4, -0.2) is 27.1 Å². The Bertz CT molecular complexity index is 1120. The molecule has 0 saturated carbocycles. The zero-order valence-electron chi connectivity index (χ0n) is 14.1. The van der Waals surface area contributed by atoms with Crippen LogP contribution in [0.5, 0.6) is 5.75 Å². The van der Waals surface area contributed by atoms with Crippen molar-refractivity contribution >= 4 is 40.7 Å². The van der Waals surface area contributed by atoms with E-state index in [0.717, 1.165) is 39.6 Å². The molecule has 27 heavy (non-hydrogen) atoms. The molecule has 4 aromatic rings. The lowest BCUT2D eigenvalue weighted by atomic mass is 9.99. The lowest BCUT2D eigenvalue weighted by Gasteiger charge is -2.08. The Labute approximate surface area is 165 Å². The molecule has 6 heteroatoms. The van der Waals surface area contributed by atoms with Crippen LogP contribution in [0, 0.1) is 0 Å². The molecule has 134 valence electrons. The van der Waals surface area contributed by atoms with Gasteiger partial charge in [0.15, 0.2) is 5.16 Å². The number of fused-ring (bicyclic) bond motifs is 1. The second-order valence-electron chi connectivity index (χ2n) is 5.96. The number of nitrogens with zero attached hydrogens (tertiary/aromatic N) is 1. The van der Waals surface area contributed by atoms with Crippen molar-refractivity contribution in [1.29, 1.82) is 0 Å². The number of benzene rings is 3. The number of phenols is 1. The van der Waals surface area contributed by atoms with Gasteiger partial charge in [-0.05, 0) is 29.3 Å². The molecule has 1 aromatic heterocycles. The highest BCUT2D eigenvalue weighted by atomic mass is 35.5. The second-order valence-corrected chi connectivity index (χ2v) is 7.38. The third-order valence-corrected chi connectivity index (χ3v) is 5.33. The van der Waals surface area contributed by atoms with Gasteiger partial charge in [0.2, 0.25) is 0 Å². The number of rotatable bonds is 5. The molecule has 4 rings (SSSR count). The van der Waals surface area contributed by atoms with Crippen molar-refractivity contribution in [3.63, 3.8) is 0 Å². The normalized spacial score (nSPS) is 11.0. The second kappa shape index (κ2) is 7.47. The highest BCUT2D eigenvalue weighted by molar-refractivity contribution is 7.99. The molecule has 0 bridgehead atoms. The Hall–Kier alpha value is -2.76. The zero-order valence-corrected chi connectivity index (χ0v) is 15.7. The Morgan fingerprint density at radius 2 is 1.74 bits per heavy atom. The van der Waals surface area contributed by atoms with Gasteiger partial charge in [0.1, 0.15) is 12.0 Å². The maximum atomic E-state index is 10.5. The Morgan fingerprint density at radius 1 is 1.04 bits per heavy atom. The van der Waals surface area contributed by atoms with E-state index in [0.29, 0.717) is 15.9 Å². The summed E-state index contributed by atoms with van der Waals surface area (Å²) >= 11 is 7.84. The molecule has 0 amide bonds. The van der Waals surface area contributed by atoms with Crippen LogP contribution in [0.15, 0.2) is 65.8 Å². The maximum Gasteiger partial charge on any atom is 0.166 e. The number of imidazole rings is 1. The van der Waals surface area contributed by atoms with Crippen molar-refractivity contribution in [2.24, 2.45) is 0 Å². The van der Waals surface area contributed by atoms with Crippen LogP contribution < -0.4 is 0 Å². The molecule has 0 atom stereocenters. The fourth-order valence-corrected chi connectivity index (χ4v) is 3.80. The van der Waals surface area contributed by atoms with E-state index in [4.69, 9.17) is 11.6 Å². The van der Waals surface area contributed by atoms with E-state index >= 15 is 0 Å². The minimum absolute atomic E-state index is 0.251. The molecular weight excluding hydrogens is 380 g/mol. The number of aromatic amines is 1. The number of halogens is 1. The SMILES string of the molecule is O=CCSc1nc2cc(-c3ccc(-c4ccccc4O)cc3)c(Cl)cc2[nH]1. The number of carbonyl (C=O) groups is 1. The summed E-state index contributed by atoms with van der Waals surface area (Å²) in [5.41, 5.74) is 5.20. The van der Waals surface area contributed by atoms with Gasteiger partial charge in [-0.1, -0.05) is 65.8 Å². The Kier molecular flexibility index (Phi) is 4.88. The summed E-state index contributed by atoms with van der Waals surface area (Å²) in [7, 11) is 0. The number of nitrogens with one attached hydrogen (secondary N) is 1. The fourth-order valence-electron chi connectivity index (χ4n) is 2.96. The topological polar surface area (TPSA) is 66.0 Å². The first-order valence-corrected chi connectivity index (χ1v) is 9.66. The van der Waals surface area contributed by atoms with Crippen LogP contribution in [0.2, 0.25) is 5.02 Å². The third-order valence-electron chi connectivity index (χ3n) is 4.25. The number of aromatic nitrogens is 2. The molecule has 4 nitrogen and oxygen atoms in total. The van der Waals surface area contributed by atoms with E-state index in [1.165, 1.54) is 11.8 Å². The van der Waals surface area contributed by atoms with Crippen LogP contribution in [-0.2, 0) is 4.79 Å². The first-order chi connectivity index (χ1) is 13.2. The van der Waals surface area contributed by atoms with Crippen molar-refractivity contribution in [2.75, 3.05) is 5.75 Å². The average Bonchev–Trinajstić information content (AvgIpc) is 3.08. The molecule has 1 heterocycles. The van der Waals surface area contributed by atoms with E-state index in [2.05, 4.69) is 9.97 Å². The van der Waals surface area contributed by atoms with Crippen molar-refractivity contribution in [3.05, 3.63) is 65.7 Å². The number of hydrogen-bond acceptors (Lipinski definition) is 4. The van der Waals surface area contributed by atoms with Crippen molar-refractivity contribution in [2.45, 2.75) is 5.16 Å². The lowest BCUT2D eigenvalue weighted by Crippen LogP contribution is -1.83. The Morgan fingerprint density at radius 3 is 2.44 bits per heavy atom. The van der Waals surface area contributed by atoms with Gasteiger partial charge in [0.25, 0.3) is 0 Å². The van der Waals surface area contributed by atoms with E-state index < -0.39 is 0 Å². The monoisotopic (exact) mass is 394 g/mol. The van der Waals surface area contributed by atoms with Crippen molar-refractivity contribution in [1.82, 2.24) is 9.97 Å². The minimum atomic E-state index is 0.251. The van der Waals surface area contributed by atoms with Crippen LogP contribution >= 0.6 is 23.4 Å². The first-order valence-electron chi connectivity index (χ1n) is 8.30. The largest absolute Gasteiger partial charge is 0.507 e. The molecule has 0 aliphatic heterocycles. The van der Waals surface area contributed by atoms with Gasteiger partial charge in [0, 0.05) is 11.1 Å². The standard InChI is InChI=1S/C21H15ClN2O2S/c22-17-12-19-18(23-21(24-19)27-10-9-25)11-16(17)14-7-5-13(6-8-14)15-3-1-2-4-20(15)26/h1-9,11-12,26H,10H2,(H,23,24). The molecule has 0 spiro atoms. The number of aldehydes is 1. The summed E-state index contributed by atoms with van der Waals surface area (Å²) in [5, 5.41) is 11.3. The summed E-state index contributed by atoms with van der Waals surface area (Å²) in [6, 6.07) is 18.9. The van der Waals surface area contributed by atoms with E-state index in [1.807, 2.05) is 48.5 Å². The maximum absolute atomic E-state index is 10.5. The van der Waals surface area contributed by atoms with Gasteiger partial charge in [-0.15, -0.1) is 0 Å². The van der Waals surface area contributed by atoms with Gasteiger partial charge in [-0.25, -0.2) is 4.98 Å². The summed E-state index contributed by atoms with van der Waals surface area (Å²) in [6.45, 7) is 0. The Balaban J connectivity index is 1.70. The van der Waals surface area contributed by atoms with Crippen LogP contribution in [0.1, 0.15) is 0 Å². The third kappa shape index (κ3) is 3.56. The number of aromatic hydroxyl groups is 1. The average molecular weight is 395 g/mol. The lowest BCUT2D eigenvalue weighted by molar-refractivity contribution is -0.105. The van der Waals surface area contributed by atoms with Gasteiger partial charge >= 0.3 is 0 Å². The van der Waals surface area contributed by atoms with Crippen LogP contribution in [0.3, 0.4) is 0 Å². The fraction of sp³-hybridized carbons (Fsp3) is 0.0476. The smallest absolute Gasteiger partial charge is 0.166 e. The predicted octanol–water partition coefficient (Wildman–Crippen LogP) is 5.55. The number of hydrogen-bond donors (Lipinski definition) is 2. The molecule has 0 radical (unpaired) electrons. The number of para-hydroxylation sites is 1. The molecule has 0 unspecified atom stereocenters. The molecule has 0 aliphatic carbocycles. The van der Waals surface area contributed by atoms with E-state index in [-0.39, 0.29) is 5.75 Å². The van der Waals surface area contributed by atoms with Crippen LogP contribution in [0.25, 0.3) is 33.3 Å². The van der Waals surface area contributed by atoms with Gasteiger partial charge in [0.05, 0.1) is 21.8 Å². The summed E-state index contributed by atoms with van der Waals surface area (Å²) in [4.78, 5) is 18.2. The first kappa shape index (κ1) is 17.6. The summed E-state index contributed by atoms with van der Waals surface area (Å²) < 4.78 is 0. The molecular formula is C21H15ClN2O2S. The summed E-state index contributed by atoms with van der Waals surface area (Å²) in [6.07, 6.45) is 0.850. The zero-order chi connectivity index (χ0) is 18.8. The van der Waals surface area contributed by atoms with E-state index in [1.54, 1.807) is 12.1 Å². The van der Waals surface area contributed by atoms with Gasteiger partial charge < -0.3 is 14.9 Å². The highest BCUT2D eigenvalue weighted by Crippen LogP contribution is 2.35. The quantitative estimate of drug-likeness (QED) is 0.344. The number of carbonyl (C=O) groups excluding carboxylic acids is 1. The van der Waals surface area contributed by atoms with Crippen LogP contribution in [0.4, 0.5) is 0 Å². The molecule has 0 saturated heterocycles. The minimum Gasteiger partial charge on any atom is -0.507 e. The van der Waals surface area contributed by atoms with Crippen molar-refractivity contribution < 1.29 is 9.90 Å². The van der Waals surface area contributed by atoms with E-state index in [9.17, 15) is 9.90 Å². The molecule has 2 N–H and O–H groups in total. The predicted molar refractivity (Wildman–Crippen MR) is 110 cm³/mol. The van der Waals surface area contributed by atoms with Gasteiger partial charge in [-0.2, -0.15) is 0 Å². The number of phenolic OH excluding ortho intramolecular Hbond substituents is 1. The number of H-pyrrole nitrogens is 1. The molecule has 0 fully saturated rings. The van der Waals surface area contributed by atoms with Gasteiger partial charge in [-0.3, -0.25) is 0 Å². The number of thioether (sulfide) groups is 1. The van der Waals surface area contributed by atoms with Crippen molar-refractivity contribution in [3.8, 4) is 28.0 Å². The molecule has 3 aromatic carbocycles.